The maximum atomic E-state index is 10.7. The van der Waals surface area contributed by atoms with Crippen LogP contribution in [0, 0.1) is 4.91 Å². The molecule has 0 saturated heterocycles. The fourth-order valence-corrected chi connectivity index (χ4v) is 0.727. The Bertz CT molecular complexity index is 248. The number of anilines is 1. The molecule has 0 bridgehead atoms. The molecule has 2 N–H and O–H groups in total. The molecule has 1 aromatic rings. The third kappa shape index (κ3) is 2.57. The van der Waals surface area contributed by atoms with E-state index in [-0.39, 0.29) is 0 Å². The van der Waals surface area contributed by atoms with E-state index in [9.17, 15) is 4.91 Å². The Morgan fingerprint density at radius 3 is 2.58 bits per heavy atom. The van der Waals surface area contributed by atoms with Gasteiger partial charge in [-0.2, -0.15) is 0 Å². The van der Waals surface area contributed by atoms with Crippen molar-refractivity contribution in [3.05, 3.63) is 35.2 Å². The summed E-state index contributed by atoms with van der Waals surface area (Å²) < 4.78 is 0. The standard InChI is InChI=1S/C8H12N3O/c1-2-11(12)10-9-8-6-4-3-5-7-8/h3-7,9H,2H2,1H3,(H,10,12)/q+1. The van der Waals surface area contributed by atoms with Gasteiger partial charge in [-0.25, -0.2) is 5.43 Å². The lowest BCUT2D eigenvalue weighted by Gasteiger charge is -1.99. The summed E-state index contributed by atoms with van der Waals surface area (Å²) in [5.41, 5.74) is 6.10. The Morgan fingerprint density at radius 2 is 2.00 bits per heavy atom. The summed E-state index contributed by atoms with van der Waals surface area (Å²) in [6.07, 6.45) is 0. The fraction of sp³-hybridized carbons (Fsp3) is 0.250. The Hall–Kier alpha value is -1.58. The Kier molecular flexibility index (Phi) is 3.07. The molecule has 0 unspecified atom stereocenters. The largest absolute Gasteiger partial charge is 0.250 e. The third-order valence-corrected chi connectivity index (χ3v) is 1.39. The van der Waals surface area contributed by atoms with Gasteiger partial charge in [0.15, 0.2) is 0 Å². The highest BCUT2D eigenvalue weighted by Crippen LogP contribution is 2.01. The van der Waals surface area contributed by atoms with Crippen LogP contribution in [-0.4, -0.2) is 11.4 Å². The summed E-state index contributed by atoms with van der Waals surface area (Å²) in [6, 6.07) is 9.45. The zero-order valence-electron chi connectivity index (χ0n) is 6.95. The number of nitroso groups, excluding NO2 is 1. The van der Waals surface area contributed by atoms with Crippen LogP contribution in [0.1, 0.15) is 6.92 Å². The van der Waals surface area contributed by atoms with Crippen LogP contribution < -0.4 is 11.0 Å². The number of nitrogens with zero attached hydrogens (tertiary/aromatic N) is 1. The summed E-state index contributed by atoms with van der Waals surface area (Å²) in [7, 11) is 0. The average molecular weight is 166 g/mol. The lowest BCUT2D eigenvalue weighted by Crippen LogP contribution is -2.31. The van der Waals surface area contributed by atoms with Crippen LogP contribution in [0.3, 0.4) is 0 Å². The summed E-state index contributed by atoms with van der Waals surface area (Å²) >= 11 is 0. The first-order chi connectivity index (χ1) is 5.83. The molecule has 0 spiro atoms. The maximum Gasteiger partial charge on any atom is 0.224 e. The molecule has 0 aliphatic carbocycles. The third-order valence-electron chi connectivity index (χ3n) is 1.39. The minimum absolute atomic E-state index is 0.403. The minimum Gasteiger partial charge on any atom is -0.250 e. The second-order valence-corrected chi connectivity index (χ2v) is 2.30. The molecule has 64 valence electrons. The van der Waals surface area contributed by atoms with Crippen LogP contribution in [0.15, 0.2) is 30.3 Å². The van der Waals surface area contributed by atoms with Gasteiger partial charge in [0.25, 0.3) is 0 Å². The number of hydrogen-bond acceptors (Lipinski definition) is 2. The highest BCUT2D eigenvalue weighted by atomic mass is 16.3. The van der Waals surface area contributed by atoms with E-state index in [2.05, 4.69) is 11.0 Å². The molecule has 0 atom stereocenters. The van der Waals surface area contributed by atoms with Gasteiger partial charge in [-0.1, -0.05) is 23.7 Å². The molecule has 0 aromatic heterocycles. The lowest BCUT2D eigenvalue weighted by atomic mass is 10.3. The molecule has 12 heavy (non-hydrogen) atoms. The summed E-state index contributed by atoms with van der Waals surface area (Å²) in [5.74, 6) is 0. The molecule has 0 amide bonds. The van der Waals surface area contributed by atoms with Gasteiger partial charge in [0, 0.05) is 6.92 Å². The zero-order valence-corrected chi connectivity index (χ0v) is 6.95. The number of benzene rings is 1. The number of hydrogen-bond donors (Lipinski definition) is 2. The molecule has 1 aromatic carbocycles. The topological polar surface area (TPSA) is 44.1 Å². The molecule has 0 radical (unpaired) electrons. The maximum absolute atomic E-state index is 10.7. The predicted molar refractivity (Wildman–Crippen MR) is 47.4 cm³/mol. The fourth-order valence-electron chi connectivity index (χ4n) is 0.727. The van der Waals surface area contributed by atoms with Gasteiger partial charge in [0.05, 0.1) is 10.6 Å². The van der Waals surface area contributed by atoms with Crippen molar-refractivity contribution in [1.29, 1.82) is 0 Å². The molecule has 0 fully saturated rings. The van der Waals surface area contributed by atoms with E-state index in [1.54, 1.807) is 6.92 Å². The predicted octanol–water partition coefficient (Wildman–Crippen LogP) is 1.32. The summed E-state index contributed by atoms with van der Waals surface area (Å²) in [5, 5.41) is 0. The molecule has 0 saturated carbocycles. The van der Waals surface area contributed by atoms with Crippen molar-refractivity contribution in [3.63, 3.8) is 0 Å². The second kappa shape index (κ2) is 4.33. The van der Waals surface area contributed by atoms with Gasteiger partial charge < -0.3 is 0 Å². The summed E-state index contributed by atoms with van der Waals surface area (Å²) in [6.45, 7) is 2.17. The van der Waals surface area contributed by atoms with Crippen LogP contribution in [0.4, 0.5) is 5.69 Å². The number of hydrazine groups is 2. The molecular weight excluding hydrogens is 154 g/mol. The van der Waals surface area contributed by atoms with Gasteiger partial charge in [0.2, 0.25) is 6.54 Å². The Labute approximate surface area is 71.1 Å². The average Bonchev–Trinajstić information content (AvgIpc) is 2.16. The van der Waals surface area contributed by atoms with Crippen molar-refractivity contribution in [3.8, 4) is 0 Å². The van der Waals surface area contributed by atoms with E-state index < -0.39 is 0 Å². The van der Waals surface area contributed by atoms with Crippen molar-refractivity contribution in [2.75, 3.05) is 12.0 Å². The molecular formula is C8H12N3O+. The number of nitrogens with one attached hydrogen (secondary N) is 2. The number of para-hydroxylation sites is 1. The Balaban J connectivity index is 2.38. The van der Waals surface area contributed by atoms with E-state index in [1.807, 2.05) is 30.3 Å². The van der Waals surface area contributed by atoms with E-state index in [4.69, 9.17) is 0 Å². The van der Waals surface area contributed by atoms with Crippen LogP contribution in [0.2, 0.25) is 0 Å². The van der Waals surface area contributed by atoms with Gasteiger partial charge in [-0.05, 0) is 12.1 Å². The summed E-state index contributed by atoms with van der Waals surface area (Å²) in [4.78, 5) is 11.4. The van der Waals surface area contributed by atoms with Crippen molar-refractivity contribution in [2.45, 2.75) is 6.92 Å². The first-order valence-electron chi connectivity index (χ1n) is 3.84. The van der Waals surface area contributed by atoms with Gasteiger partial charge in [-0.3, -0.25) is 0 Å². The van der Waals surface area contributed by atoms with Crippen LogP contribution in [0.5, 0.6) is 0 Å². The van der Waals surface area contributed by atoms with Gasteiger partial charge >= 0.3 is 0 Å². The highest BCUT2D eigenvalue weighted by Gasteiger charge is 1.99. The minimum atomic E-state index is 0.403. The molecule has 4 heteroatoms. The second-order valence-electron chi connectivity index (χ2n) is 2.30. The normalized spacial score (nSPS) is 9.08. The first-order valence-corrected chi connectivity index (χ1v) is 3.84. The zero-order chi connectivity index (χ0) is 8.81. The quantitative estimate of drug-likeness (QED) is 0.523. The van der Waals surface area contributed by atoms with E-state index in [0.717, 1.165) is 5.69 Å². The first kappa shape index (κ1) is 8.52. The van der Waals surface area contributed by atoms with Crippen molar-refractivity contribution in [1.82, 2.24) is 5.53 Å². The van der Waals surface area contributed by atoms with Crippen molar-refractivity contribution < 1.29 is 4.87 Å². The van der Waals surface area contributed by atoms with E-state index in [1.165, 1.54) is 0 Å². The van der Waals surface area contributed by atoms with Crippen LogP contribution >= 0.6 is 0 Å². The monoisotopic (exact) mass is 166 g/mol. The molecule has 0 heterocycles. The van der Waals surface area contributed by atoms with E-state index in [0.29, 0.717) is 11.4 Å². The Morgan fingerprint density at radius 1 is 1.33 bits per heavy atom. The van der Waals surface area contributed by atoms with Crippen LogP contribution in [-0.2, 0) is 0 Å². The van der Waals surface area contributed by atoms with Crippen molar-refractivity contribution >= 4 is 5.69 Å². The van der Waals surface area contributed by atoms with Gasteiger partial charge in [-0.15, -0.1) is 0 Å². The smallest absolute Gasteiger partial charge is 0.224 e. The SMILES string of the molecule is CC[N+](=O)NNc1ccccc1. The molecule has 4 nitrogen and oxygen atoms in total. The molecule has 1 rings (SSSR count). The van der Waals surface area contributed by atoms with Crippen LogP contribution in [0.25, 0.3) is 0 Å². The molecule has 0 aliphatic rings. The van der Waals surface area contributed by atoms with E-state index >= 15 is 0 Å². The van der Waals surface area contributed by atoms with Gasteiger partial charge in [0.1, 0.15) is 4.87 Å². The lowest BCUT2D eigenvalue weighted by molar-refractivity contribution is -0.599. The molecule has 0 aliphatic heterocycles. The highest BCUT2D eigenvalue weighted by molar-refractivity contribution is 5.40. The number of rotatable bonds is 4. The van der Waals surface area contributed by atoms with Crippen molar-refractivity contribution in [2.24, 2.45) is 0 Å².